The van der Waals surface area contributed by atoms with Gasteiger partial charge in [0, 0.05) is 44.8 Å². The lowest BCUT2D eigenvalue weighted by atomic mass is 9.80. The lowest BCUT2D eigenvalue weighted by molar-refractivity contribution is -0.0893. The Morgan fingerprint density at radius 3 is 2.74 bits per heavy atom. The van der Waals surface area contributed by atoms with Crippen LogP contribution in [0.3, 0.4) is 0 Å². The maximum Gasteiger partial charge on any atom is 0.275 e. The van der Waals surface area contributed by atoms with E-state index in [2.05, 4.69) is 15.6 Å². The SMILES string of the molecule is COC[C@]1(O)CCCC[C@H]1n1cnc(C(=O)N2CCNC[C@H]2CCOc2ccc(-n3ccnn3)cc2)c1-c1ccccc1. The lowest BCUT2D eigenvalue weighted by Gasteiger charge is -2.41. The average Bonchev–Trinajstić information content (AvgIpc) is 3.73. The molecule has 4 aromatic rings. The number of hydrogen-bond donors (Lipinski definition) is 2. The number of methoxy groups -OCH3 is 1. The fourth-order valence-corrected chi connectivity index (χ4v) is 6.43. The van der Waals surface area contributed by atoms with E-state index in [1.165, 1.54) is 0 Å². The third-order valence-corrected chi connectivity index (χ3v) is 8.59. The van der Waals surface area contributed by atoms with E-state index in [1.54, 1.807) is 30.5 Å². The van der Waals surface area contributed by atoms with Crippen molar-refractivity contribution in [2.45, 2.75) is 49.8 Å². The predicted molar refractivity (Wildman–Crippen MR) is 161 cm³/mol. The first-order chi connectivity index (χ1) is 21.1. The van der Waals surface area contributed by atoms with Gasteiger partial charge in [0.05, 0.1) is 49.4 Å². The van der Waals surface area contributed by atoms with Gasteiger partial charge in [0.1, 0.15) is 11.4 Å². The van der Waals surface area contributed by atoms with Crippen molar-refractivity contribution in [1.82, 2.24) is 34.8 Å². The highest BCUT2D eigenvalue weighted by Gasteiger charge is 2.42. The Labute approximate surface area is 251 Å². The monoisotopic (exact) mass is 585 g/mol. The van der Waals surface area contributed by atoms with Crippen LogP contribution < -0.4 is 10.1 Å². The minimum absolute atomic E-state index is 0.0513. The molecule has 1 aliphatic heterocycles. The molecule has 2 N–H and O–H groups in total. The van der Waals surface area contributed by atoms with Gasteiger partial charge in [-0.2, -0.15) is 0 Å². The number of carbonyl (C=O) groups excluding carboxylic acids is 1. The molecule has 0 radical (unpaired) electrons. The zero-order chi connectivity index (χ0) is 29.6. The van der Waals surface area contributed by atoms with Crippen LogP contribution >= 0.6 is 0 Å². The molecule has 0 spiro atoms. The summed E-state index contributed by atoms with van der Waals surface area (Å²) < 4.78 is 15.2. The molecule has 2 aromatic heterocycles. The van der Waals surface area contributed by atoms with Crippen molar-refractivity contribution in [2.75, 3.05) is 40.0 Å². The normalized spacial score (nSPS) is 22.4. The summed E-state index contributed by atoms with van der Waals surface area (Å²) in [6.07, 6.45) is 9.19. The number of piperazine rings is 1. The van der Waals surface area contributed by atoms with Crippen molar-refractivity contribution in [3.8, 4) is 22.7 Å². The summed E-state index contributed by atoms with van der Waals surface area (Å²) in [6, 6.07) is 17.3. The molecular formula is C32H39N7O4. The largest absolute Gasteiger partial charge is 0.494 e. The van der Waals surface area contributed by atoms with Crippen molar-refractivity contribution in [3.05, 3.63) is 79.0 Å². The zero-order valence-electron chi connectivity index (χ0n) is 24.5. The number of nitrogens with zero attached hydrogens (tertiary/aromatic N) is 6. The maximum absolute atomic E-state index is 14.3. The van der Waals surface area contributed by atoms with Crippen LogP contribution in [-0.2, 0) is 4.74 Å². The Morgan fingerprint density at radius 1 is 1.14 bits per heavy atom. The number of ether oxygens (including phenoxy) is 2. The molecule has 1 amide bonds. The average molecular weight is 586 g/mol. The van der Waals surface area contributed by atoms with Gasteiger partial charge < -0.3 is 29.4 Å². The third kappa shape index (κ3) is 6.20. The van der Waals surface area contributed by atoms with E-state index in [9.17, 15) is 9.90 Å². The highest BCUT2D eigenvalue weighted by atomic mass is 16.5. The fourth-order valence-electron chi connectivity index (χ4n) is 6.43. The van der Waals surface area contributed by atoms with Crippen molar-refractivity contribution in [3.63, 3.8) is 0 Å². The molecule has 6 rings (SSSR count). The number of hydrogen-bond acceptors (Lipinski definition) is 8. The Kier molecular flexibility index (Phi) is 8.82. The smallest absolute Gasteiger partial charge is 0.275 e. The van der Waals surface area contributed by atoms with E-state index in [0.717, 1.165) is 42.0 Å². The van der Waals surface area contributed by atoms with Gasteiger partial charge in [-0.05, 0) is 37.1 Å². The molecule has 226 valence electrons. The van der Waals surface area contributed by atoms with E-state index >= 15 is 0 Å². The molecule has 1 saturated carbocycles. The van der Waals surface area contributed by atoms with Crippen LogP contribution in [-0.4, -0.2) is 92.1 Å². The van der Waals surface area contributed by atoms with Crippen LogP contribution in [0.2, 0.25) is 0 Å². The quantitative estimate of drug-likeness (QED) is 0.290. The summed E-state index contributed by atoms with van der Waals surface area (Å²) in [6.45, 7) is 2.66. The van der Waals surface area contributed by atoms with Gasteiger partial charge in [-0.25, -0.2) is 9.67 Å². The highest BCUT2D eigenvalue weighted by molar-refractivity contribution is 5.98. The van der Waals surface area contributed by atoms with Gasteiger partial charge in [0.2, 0.25) is 0 Å². The van der Waals surface area contributed by atoms with Gasteiger partial charge in [-0.1, -0.05) is 48.4 Å². The maximum atomic E-state index is 14.3. The number of benzene rings is 2. The minimum atomic E-state index is -1.03. The molecule has 2 fully saturated rings. The number of imidazole rings is 1. The van der Waals surface area contributed by atoms with Crippen molar-refractivity contribution in [1.29, 1.82) is 0 Å². The molecule has 3 heterocycles. The second-order valence-electron chi connectivity index (χ2n) is 11.3. The number of carbonyl (C=O) groups is 1. The zero-order valence-corrected chi connectivity index (χ0v) is 24.5. The number of amides is 1. The molecule has 11 heteroatoms. The summed E-state index contributed by atoms with van der Waals surface area (Å²) in [5.74, 6) is 0.652. The van der Waals surface area contributed by atoms with Crippen LogP contribution in [0, 0.1) is 0 Å². The standard InChI is InChI=1S/C32H39N7O4/c1-42-22-32(41)15-6-5-9-28(32)38-23-34-29(30(38)24-7-3-2-4-8-24)31(40)37-18-16-33-21-26(37)14-20-43-27-12-10-25(11-13-27)39-19-17-35-36-39/h2-4,7-8,10-13,17,19,23,26,28,33,41H,5-6,9,14-16,18,20-22H2,1H3/t26-,28-,32-/m1/s1. The van der Waals surface area contributed by atoms with Crippen LogP contribution in [0.4, 0.5) is 0 Å². The van der Waals surface area contributed by atoms with E-state index < -0.39 is 5.60 Å². The lowest BCUT2D eigenvalue weighted by Crippen LogP contribution is -2.54. The van der Waals surface area contributed by atoms with Gasteiger partial charge in [-0.3, -0.25) is 4.79 Å². The number of nitrogens with one attached hydrogen (secondary N) is 1. The van der Waals surface area contributed by atoms with Gasteiger partial charge in [0.25, 0.3) is 5.91 Å². The molecule has 2 aromatic carbocycles. The molecule has 0 unspecified atom stereocenters. The summed E-state index contributed by atoms with van der Waals surface area (Å²) in [5, 5.41) is 22.9. The van der Waals surface area contributed by atoms with E-state index in [4.69, 9.17) is 14.5 Å². The van der Waals surface area contributed by atoms with Crippen LogP contribution in [0.25, 0.3) is 16.9 Å². The Balaban J connectivity index is 1.21. The van der Waals surface area contributed by atoms with Gasteiger partial charge in [0.15, 0.2) is 5.69 Å². The molecule has 43 heavy (non-hydrogen) atoms. The third-order valence-electron chi connectivity index (χ3n) is 8.59. The summed E-state index contributed by atoms with van der Waals surface area (Å²) in [5.41, 5.74) is 1.93. The van der Waals surface area contributed by atoms with Crippen LogP contribution in [0.1, 0.15) is 48.6 Å². The second kappa shape index (κ2) is 13.1. The highest BCUT2D eigenvalue weighted by Crippen LogP contribution is 2.41. The summed E-state index contributed by atoms with van der Waals surface area (Å²) >= 11 is 0. The molecule has 11 nitrogen and oxygen atoms in total. The van der Waals surface area contributed by atoms with Crippen molar-refractivity contribution < 1.29 is 19.4 Å². The molecule has 1 saturated heterocycles. The van der Waals surface area contributed by atoms with Crippen molar-refractivity contribution in [2.24, 2.45) is 0 Å². The van der Waals surface area contributed by atoms with Crippen LogP contribution in [0.15, 0.2) is 73.3 Å². The first kappa shape index (κ1) is 29.0. The van der Waals surface area contributed by atoms with Gasteiger partial charge in [-0.15, -0.1) is 5.10 Å². The first-order valence-electron chi connectivity index (χ1n) is 15.0. The Morgan fingerprint density at radius 2 is 1.98 bits per heavy atom. The molecule has 0 bridgehead atoms. The molecule has 3 atom stereocenters. The number of aromatic nitrogens is 5. The predicted octanol–water partition coefficient (Wildman–Crippen LogP) is 3.51. The number of rotatable bonds is 10. The molecule has 2 aliphatic rings. The fraction of sp³-hybridized carbons (Fsp3) is 0.438. The van der Waals surface area contributed by atoms with Gasteiger partial charge >= 0.3 is 0 Å². The minimum Gasteiger partial charge on any atom is -0.494 e. The van der Waals surface area contributed by atoms with Crippen LogP contribution in [0.5, 0.6) is 5.75 Å². The van der Waals surface area contributed by atoms with Crippen molar-refractivity contribution >= 4 is 5.91 Å². The summed E-state index contributed by atoms with van der Waals surface area (Å²) in [4.78, 5) is 20.9. The second-order valence-corrected chi connectivity index (χ2v) is 11.3. The Bertz CT molecular complexity index is 1470. The van der Waals surface area contributed by atoms with E-state index in [-0.39, 0.29) is 24.6 Å². The first-order valence-corrected chi connectivity index (χ1v) is 15.0. The summed E-state index contributed by atoms with van der Waals surface area (Å²) in [7, 11) is 1.62. The van der Waals surface area contributed by atoms with E-state index in [1.807, 2.05) is 64.1 Å². The molecule has 1 aliphatic carbocycles. The Hall–Kier alpha value is -4.06. The molecular weight excluding hydrogens is 546 g/mol. The topological polar surface area (TPSA) is 120 Å². The van der Waals surface area contributed by atoms with E-state index in [0.29, 0.717) is 44.8 Å². The number of aliphatic hydroxyl groups is 1.